The van der Waals surface area contributed by atoms with Crippen LogP contribution < -0.4 is 0 Å². The first-order valence-electron chi connectivity index (χ1n) is 11.2. The number of rotatable bonds is 2. The number of ketones is 1. The van der Waals surface area contributed by atoms with Crippen LogP contribution in [0.5, 0.6) is 0 Å². The maximum absolute atomic E-state index is 13.4. The van der Waals surface area contributed by atoms with Gasteiger partial charge in [-0.05, 0) is 73.6 Å². The third-order valence-corrected chi connectivity index (χ3v) is 6.45. The van der Waals surface area contributed by atoms with Gasteiger partial charge in [-0.15, -0.1) is 0 Å². The number of aryl methyl sites for hydroxylation is 4. The van der Waals surface area contributed by atoms with Crippen molar-refractivity contribution in [2.45, 2.75) is 47.0 Å². The van der Waals surface area contributed by atoms with Gasteiger partial charge in [0.1, 0.15) is 0 Å². The monoisotopic (exact) mass is 404 g/mol. The van der Waals surface area contributed by atoms with Gasteiger partial charge in [0.2, 0.25) is 0 Å². The first-order valence-corrected chi connectivity index (χ1v) is 11.2. The Kier molecular flexibility index (Phi) is 4.78. The van der Waals surface area contributed by atoms with Crippen LogP contribution in [0.2, 0.25) is 0 Å². The van der Waals surface area contributed by atoms with E-state index < -0.39 is 0 Å². The number of benzene rings is 4. The van der Waals surface area contributed by atoms with Crippen LogP contribution in [0, 0.1) is 27.7 Å². The highest BCUT2D eigenvalue weighted by molar-refractivity contribution is 6.17. The molecule has 4 aromatic carbocycles. The highest BCUT2D eigenvalue weighted by Gasteiger charge is 2.28. The van der Waals surface area contributed by atoms with Gasteiger partial charge in [-0.1, -0.05) is 82.9 Å². The fraction of sp³-hybridized carbons (Fsp3) is 0.233. The standard InChI is InChI=1S/C30H28O/c1-18-12-19(2)15-22(14-18)28-24-8-5-6-9-25(24)29(23-16-20(3)13-21(4)17-23)30-26(28)10-7-11-27(30)31/h5-6,8-9,12-17H,7,10-11H2,1-4H3. The third kappa shape index (κ3) is 3.39. The van der Waals surface area contributed by atoms with Gasteiger partial charge in [-0.3, -0.25) is 4.79 Å². The number of hydrogen-bond donors (Lipinski definition) is 0. The van der Waals surface area contributed by atoms with Gasteiger partial charge in [0.15, 0.2) is 5.78 Å². The van der Waals surface area contributed by atoms with E-state index in [1.54, 1.807) is 0 Å². The van der Waals surface area contributed by atoms with E-state index in [1.165, 1.54) is 49.7 Å². The molecule has 0 atom stereocenters. The van der Waals surface area contributed by atoms with Gasteiger partial charge < -0.3 is 0 Å². The Morgan fingerprint density at radius 3 is 1.61 bits per heavy atom. The minimum Gasteiger partial charge on any atom is -0.294 e. The Morgan fingerprint density at radius 1 is 0.581 bits per heavy atom. The summed E-state index contributed by atoms with van der Waals surface area (Å²) < 4.78 is 0. The van der Waals surface area contributed by atoms with Gasteiger partial charge in [-0.2, -0.15) is 0 Å². The topological polar surface area (TPSA) is 17.1 Å². The second-order valence-corrected chi connectivity index (χ2v) is 9.18. The lowest BCUT2D eigenvalue weighted by atomic mass is 9.77. The summed E-state index contributed by atoms with van der Waals surface area (Å²) in [5.41, 5.74) is 11.9. The average Bonchev–Trinajstić information content (AvgIpc) is 2.70. The predicted molar refractivity (Wildman–Crippen MR) is 131 cm³/mol. The first kappa shape index (κ1) is 19.8. The molecule has 1 aliphatic carbocycles. The Labute approximate surface area is 184 Å². The van der Waals surface area contributed by atoms with Gasteiger partial charge in [0.25, 0.3) is 0 Å². The average molecular weight is 405 g/mol. The number of carbonyl (C=O) groups excluding carboxylic acids is 1. The van der Waals surface area contributed by atoms with Crippen molar-refractivity contribution in [2.24, 2.45) is 0 Å². The molecule has 1 heteroatoms. The zero-order chi connectivity index (χ0) is 21.7. The Morgan fingerprint density at radius 2 is 1.06 bits per heavy atom. The molecular formula is C30H28O. The minimum atomic E-state index is 0.284. The van der Waals surface area contributed by atoms with Crippen molar-refractivity contribution in [1.29, 1.82) is 0 Å². The Bertz CT molecular complexity index is 1320. The van der Waals surface area contributed by atoms with Crippen LogP contribution >= 0.6 is 0 Å². The zero-order valence-corrected chi connectivity index (χ0v) is 18.8. The van der Waals surface area contributed by atoms with E-state index in [0.29, 0.717) is 6.42 Å². The number of Topliss-reactive ketones (excluding diaryl/α,β-unsaturated/α-hetero) is 1. The second kappa shape index (κ2) is 7.50. The summed E-state index contributed by atoms with van der Waals surface area (Å²) in [5, 5.41) is 2.42. The summed E-state index contributed by atoms with van der Waals surface area (Å²) in [4.78, 5) is 13.4. The van der Waals surface area contributed by atoms with Crippen molar-refractivity contribution >= 4 is 16.6 Å². The van der Waals surface area contributed by atoms with Crippen LogP contribution in [-0.2, 0) is 6.42 Å². The van der Waals surface area contributed by atoms with Gasteiger partial charge in [-0.25, -0.2) is 0 Å². The SMILES string of the molecule is Cc1cc(C)cc(-c2c3c(c(-c4cc(C)cc(C)c4)c4ccccc24)C(=O)CCC3)c1. The maximum atomic E-state index is 13.4. The lowest BCUT2D eigenvalue weighted by molar-refractivity contribution is 0.0973. The van der Waals surface area contributed by atoms with Gasteiger partial charge >= 0.3 is 0 Å². The third-order valence-electron chi connectivity index (χ3n) is 6.45. The lowest BCUT2D eigenvalue weighted by Crippen LogP contribution is -2.14. The van der Waals surface area contributed by atoms with E-state index >= 15 is 0 Å². The summed E-state index contributed by atoms with van der Waals surface area (Å²) in [6.07, 6.45) is 2.51. The van der Waals surface area contributed by atoms with E-state index in [9.17, 15) is 4.79 Å². The van der Waals surface area contributed by atoms with E-state index in [2.05, 4.69) is 88.4 Å². The van der Waals surface area contributed by atoms with Gasteiger partial charge in [0, 0.05) is 17.5 Å². The molecule has 0 radical (unpaired) electrons. The van der Waals surface area contributed by atoms with Crippen LogP contribution in [-0.4, -0.2) is 5.78 Å². The van der Waals surface area contributed by atoms with E-state index in [-0.39, 0.29) is 5.78 Å². The van der Waals surface area contributed by atoms with Gasteiger partial charge in [0.05, 0.1) is 0 Å². The molecule has 1 nitrogen and oxygen atoms in total. The molecule has 0 heterocycles. The highest BCUT2D eigenvalue weighted by Crippen LogP contribution is 2.45. The predicted octanol–water partition coefficient (Wildman–Crippen LogP) is 7.93. The van der Waals surface area contributed by atoms with Crippen molar-refractivity contribution < 1.29 is 4.79 Å². The zero-order valence-electron chi connectivity index (χ0n) is 18.8. The molecule has 154 valence electrons. The number of hydrogen-bond acceptors (Lipinski definition) is 1. The van der Waals surface area contributed by atoms with Crippen molar-refractivity contribution in [1.82, 2.24) is 0 Å². The molecule has 0 saturated carbocycles. The van der Waals surface area contributed by atoms with Crippen LogP contribution in [0.25, 0.3) is 33.0 Å². The molecule has 0 aromatic heterocycles. The van der Waals surface area contributed by atoms with Crippen molar-refractivity contribution in [3.05, 3.63) is 94.0 Å². The molecule has 0 fully saturated rings. The molecule has 0 spiro atoms. The Hall–Kier alpha value is -3.19. The second-order valence-electron chi connectivity index (χ2n) is 9.18. The minimum absolute atomic E-state index is 0.284. The summed E-state index contributed by atoms with van der Waals surface area (Å²) in [5.74, 6) is 0.284. The number of carbonyl (C=O) groups is 1. The molecule has 0 saturated heterocycles. The quantitative estimate of drug-likeness (QED) is 0.331. The molecular weight excluding hydrogens is 376 g/mol. The highest BCUT2D eigenvalue weighted by atomic mass is 16.1. The smallest absolute Gasteiger partial charge is 0.163 e. The molecule has 5 rings (SSSR count). The molecule has 0 bridgehead atoms. The fourth-order valence-corrected chi connectivity index (χ4v) is 5.47. The van der Waals surface area contributed by atoms with Crippen molar-refractivity contribution in [3.8, 4) is 22.3 Å². The molecule has 0 aliphatic heterocycles. The summed E-state index contributed by atoms with van der Waals surface area (Å²) in [6.45, 7) is 8.58. The summed E-state index contributed by atoms with van der Waals surface area (Å²) in [6, 6.07) is 22.0. The molecule has 0 unspecified atom stereocenters. The van der Waals surface area contributed by atoms with E-state index in [4.69, 9.17) is 0 Å². The molecule has 4 aromatic rings. The molecule has 0 amide bonds. The maximum Gasteiger partial charge on any atom is 0.163 e. The van der Waals surface area contributed by atoms with Crippen LogP contribution in [0.15, 0.2) is 60.7 Å². The van der Waals surface area contributed by atoms with E-state index in [0.717, 1.165) is 29.5 Å². The number of fused-ring (bicyclic) bond motifs is 2. The van der Waals surface area contributed by atoms with Crippen LogP contribution in [0.4, 0.5) is 0 Å². The normalized spacial score (nSPS) is 13.5. The Balaban J connectivity index is 1.97. The van der Waals surface area contributed by atoms with E-state index in [1.807, 2.05) is 0 Å². The molecule has 31 heavy (non-hydrogen) atoms. The summed E-state index contributed by atoms with van der Waals surface area (Å²) >= 11 is 0. The summed E-state index contributed by atoms with van der Waals surface area (Å²) in [7, 11) is 0. The fourth-order valence-electron chi connectivity index (χ4n) is 5.47. The largest absolute Gasteiger partial charge is 0.294 e. The van der Waals surface area contributed by atoms with Crippen molar-refractivity contribution in [3.63, 3.8) is 0 Å². The first-order chi connectivity index (χ1) is 14.9. The molecule has 1 aliphatic rings. The van der Waals surface area contributed by atoms with Crippen LogP contribution in [0.3, 0.4) is 0 Å². The molecule has 0 N–H and O–H groups in total. The lowest BCUT2D eigenvalue weighted by Gasteiger charge is -2.26. The van der Waals surface area contributed by atoms with Crippen LogP contribution in [0.1, 0.15) is 51.0 Å². The van der Waals surface area contributed by atoms with Crippen molar-refractivity contribution in [2.75, 3.05) is 0 Å².